The molecule has 0 N–H and O–H groups in total. The van der Waals surface area contributed by atoms with E-state index >= 15 is 0 Å². The summed E-state index contributed by atoms with van der Waals surface area (Å²) in [4.78, 5) is 0.558. The van der Waals surface area contributed by atoms with Gasteiger partial charge in [0.25, 0.3) is 0 Å². The summed E-state index contributed by atoms with van der Waals surface area (Å²) in [6, 6.07) is 13.7. The van der Waals surface area contributed by atoms with E-state index < -0.39 is 20.0 Å². The summed E-state index contributed by atoms with van der Waals surface area (Å²) in [6.45, 7) is 10.9. The van der Waals surface area contributed by atoms with Crippen LogP contribution in [0.1, 0.15) is 43.7 Å². The van der Waals surface area contributed by atoms with E-state index in [1.54, 1.807) is 54.6 Å². The van der Waals surface area contributed by atoms with Crippen molar-refractivity contribution in [2.24, 2.45) is 0 Å². The van der Waals surface area contributed by atoms with Crippen LogP contribution in [0.4, 0.5) is 0 Å². The summed E-state index contributed by atoms with van der Waals surface area (Å²) >= 11 is 0. The van der Waals surface area contributed by atoms with Gasteiger partial charge in [0.15, 0.2) is 0 Å². The molecule has 6 nitrogen and oxygen atoms in total. The summed E-state index contributed by atoms with van der Waals surface area (Å²) < 4.78 is 55.4. The van der Waals surface area contributed by atoms with Crippen molar-refractivity contribution < 1.29 is 16.8 Å². The second-order valence-electron chi connectivity index (χ2n) is 8.22. The third-order valence-electron chi connectivity index (χ3n) is 5.44. The molecule has 2 aromatic carbocycles. The lowest BCUT2D eigenvalue weighted by Gasteiger charge is -2.24. The minimum absolute atomic E-state index is 0.270. The second-order valence-corrected chi connectivity index (χ2v) is 12.1. The minimum atomic E-state index is -3.62. The van der Waals surface area contributed by atoms with Crippen molar-refractivity contribution in [3.05, 3.63) is 72.3 Å². The van der Waals surface area contributed by atoms with Gasteiger partial charge < -0.3 is 0 Å². The molecule has 0 spiro atoms. The van der Waals surface area contributed by atoms with Crippen molar-refractivity contribution in [1.82, 2.24) is 8.61 Å². The fraction of sp³-hybridized carbons (Fsp3) is 0.440. The largest absolute Gasteiger partial charge is 0.243 e. The lowest BCUT2D eigenvalue weighted by Crippen LogP contribution is -2.35. The predicted molar refractivity (Wildman–Crippen MR) is 134 cm³/mol. The SMILES string of the molecule is C=CCCN(CCCCN(CCC)S(=O)(=O)c1ccc(C)cc1)S(=O)(=O)c1ccc(C)cc1. The first-order chi connectivity index (χ1) is 15.6. The molecular formula is C25H36N2O4S2. The molecule has 0 bridgehead atoms. The first-order valence-electron chi connectivity index (χ1n) is 11.4. The predicted octanol–water partition coefficient (Wildman–Crippen LogP) is 4.75. The zero-order valence-corrected chi connectivity index (χ0v) is 21.5. The van der Waals surface area contributed by atoms with E-state index in [2.05, 4.69) is 6.58 Å². The Morgan fingerprint density at radius 1 is 0.697 bits per heavy atom. The topological polar surface area (TPSA) is 74.8 Å². The van der Waals surface area contributed by atoms with Crippen LogP contribution in [-0.2, 0) is 20.0 Å². The highest BCUT2D eigenvalue weighted by atomic mass is 32.2. The van der Waals surface area contributed by atoms with E-state index in [4.69, 9.17) is 0 Å². The van der Waals surface area contributed by atoms with Crippen LogP contribution < -0.4 is 0 Å². The Bertz CT molecular complexity index is 1090. The van der Waals surface area contributed by atoms with Gasteiger partial charge in [0.1, 0.15) is 0 Å². The first-order valence-corrected chi connectivity index (χ1v) is 14.3. The average Bonchev–Trinajstić information content (AvgIpc) is 2.78. The molecular weight excluding hydrogens is 456 g/mol. The van der Waals surface area contributed by atoms with Crippen LogP contribution in [0.15, 0.2) is 71.0 Å². The van der Waals surface area contributed by atoms with Gasteiger partial charge in [0, 0.05) is 26.2 Å². The second kappa shape index (κ2) is 12.5. The van der Waals surface area contributed by atoms with Gasteiger partial charge in [-0.25, -0.2) is 16.8 Å². The van der Waals surface area contributed by atoms with E-state index in [0.29, 0.717) is 51.9 Å². The normalized spacial score (nSPS) is 12.4. The molecule has 0 heterocycles. The minimum Gasteiger partial charge on any atom is -0.207 e. The van der Waals surface area contributed by atoms with E-state index in [-0.39, 0.29) is 9.79 Å². The van der Waals surface area contributed by atoms with Crippen molar-refractivity contribution in [1.29, 1.82) is 0 Å². The number of hydrogen-bond acceptors (Lipinski definition) is 4. The molecule has 0 aliphatic carbocycles. The van der Waals surface area contributed by atoms with Crippen molar-refractivity contribution in [3.63, 3.8) is 0 Å². The smallest absolute Gasteiger partial charge is 0.207 e. The number of unbranched alkanes of at least 4 members (excludes halogenated alkanes) is 1. The quantitative estimate of drug-likeness (QED) is 0.282. The molecule has 0 aromatic heterocycles. The highest BCUT2D eigenvalue weighted by Crippen LogP contribution is 2.20. The molecule has 2 rings (SSSR count). The van der Waals surface area contributed by atoms with Crippen molar-refractivity contribution in [3.8, 4) is 0 Å². The van der Waals surface area contributed by atoms with Gasteiger partial charge in [-0.3, -0.25) is 0 Å². The van der Waals surface area contributed by atoms with Crippen LogP contribution in [0.5, 0.6) is 0 Å². The number of hydrogen-bond donors (Lipinski definition) is 0. The zero-order valence-electron chi connectivity index (χ0n) is 19.9. The Balaban J connectivity index is 2.07. The molecule has 0 aliphatic heterocycles. The molecule has 0 amide bonds. The summed E-state index contributed by atoms with van der Waals surface area (Å²) in [5, 5.41) is 0. The Kier molecular flexibility index (Phi) is 10.3. The lowest BCUT2D eigenvalue weighted by molar-refractivity contribution is 0.370. The van der Waals surface area contributed by atoms with E-state index in [1.807, 2.05) is 20.8 Å². The van der Waals surface area contributed by atoms with E-state index in [9.17, 15) is 16.8 Å². The third kappa shape index (κ3) is 7.50. The standard InChI is InChI=1S/C25H36N2O4S2/c1-5-7-19-27(33(30,31)25-16-12-23(4)13-17-25)21-9-8-20-26(18-6-2)32(28,29)24-14-10-22(3)11-15-24/h5,10-17H,1,6-9,18-21H2,2-4H3. The van der Waals surface area contributed by atoms with Crippen LogP contribution >= 0.6 is 0 Å². The molecule has 33 heavy (non-hydrogen) atoms. The zero-order chi connectivity index (χ0) is 24.5. The van der Waals surface area contributed by atoms with Crippen molar-refractivity contribution in [2.75, 3.05) is 26.2 Å². The number of aryl methyl sites for hydroxylation is 2. The fourth-order valence-electron chi connectivity index (χ4n) is 3.48. The van der Waals surface area contributed by atoms with Crippen molar-refractivity contribution in [2.45, 2.75) is 56.2 Å². The maximum Gasteiger partial charge on any atom is 0.243 e. The Morgan fingerprint density at radius 3 is 1.45 bits per heavy atom. The van der Waals surface area contributed by atoms with Gasteiger partial charge in [0.2, 0.25) is 20.0 Å². The van der Waals surface area contributed by atoms with Crippen LogP contribution in [0.25, 0.3) is 0 Å². The molecule has 0 unspecified atom stereocenters. The fourth-order valence-corrected chi connectivity index (χ4v) is 6.55. The molecule has 0 aliphatic rings. The molecule has 0 fully saturated rings. The van der Waals surface area contributed by atoms with Gasteiger partial charge >= 0.3 is 0 Å². The summed E-state index contributed by atoms with van der Waals surface area (Å²) in [5.74, 6) is 0. The van der Waals surface area contributed by atoms with Gasteiger partial charge in [-0.05, 0) is 63.8 Å². The summed E-state index contributed by atoms with van der Waals surface area (Å²) in [6.07, 6.45) is 4.09. The molecule has 182 valence electrons. The van der Waals surface area contributed by atoms with Crippen LogP contribution in [-0.4, -0.2) is 51.6 Å². The monoisotopic (exact) mass is 492 g/mol. The Hall–Kier alpha value is -2.00. The molecule has 2 aromatic rings. The number of benzene rings is 2. The highest BCUT2D eigenvalue weighted by Gasteiger charge is 2.25. The summed E-state index contributed by atoms with van der Waals surface area (Å²) in [7, 11) is -7.20. The number of rotatable bonds is 14. The summed E-state index contributed by atoms with van der Waals surface area (Å²) in [5.41, 5.74) is 2.00. The van der Waals surface area contributed by atoms with Gasteiger partial charge in [-0.1, -0.05) is 48.4 Å². The lowest BCUT2D eigenvalue weighted by atomic mass is 10.2. The van der Waals surface area contributed by atoms with Crippen LogP contribution in [0.2, 0.25) is 0 Å². The molecule has 8 heteroatoms. The van der Waals surface area contributed by atoms with Crippen LogP contribution in [0, 0.1) is 13.8 Å². The first kappa shape index (κ1) is 27.2. The molecule has 0 radical (unpaired) electrons. The van der Waals surface area contributed by atoms with Gasteiger partial charge in [-0.2, -0.15) is 8.61 Å². The molecule has 0 saturated carbocycles. The van der Waals surface area contributed by atoms with Gasteiger partial charge in [0.05, 0.1) is 9.79 Å². The third-order valence-corrected chi connectivity index (χ3v) is 9.26. The number of sulfonamides is 2. The maximum atomic E-state index is 13.1. The van der Waals surface area contributed by atoms with Crippen LogP contribution in [0.3, 0.4) is 0 Å². The Morgan fingerprint density at radius 2 is 1.09 bits per heavy atom. The van der Waals surface area contributed by atoms with E-state index in [1.165, 1.54) is 8.61 Å². The van der Waals surface area contributed by atoms with E-state index in [0.717, 1.165) is 11.1 Å². The Labute approximate surface area is 200 Å². The van der Waals surface area contributed by atoms with Crippen molar-refractivity contribution >= 4 is 20.0 Å². The highest BCUT2D eigenvalue weighted by molar-refractivity contribution is 7.89. The molecule has 0 saturated heterocycles. The maximum absolute atomic E-state index is 13.1. The number of nitrogens with zero attached hydrogens (tertiary/aromatic N) is 2. The molecule has 0 atom stereocenters. The van der Waals surface area contributed by atoms with Gasteiger partial charge in [-0.15, -0.1) is 6.58 Å². The average molecular weight is 493 g/mol.